The van der Waals surface area contributed by atoms with Gasteiger partial charge in [0.25, 0.3) is 0 Å². The fourth-order valence-electron chi connectivity index (χ4n) is 1.15. The summed E-state index contributed by atoms with van der Waals surface area (Å²) in [5, 5.41) is 8.56. The molecule has 0 heterocycles. The average molecular weight is 396 g/mol. The van der Waals surface area contributed by atoms with Gasteiger partial charge < -0.3 is 9.84 Å². The Morgan fingerprint density at radius 1 is 1.39 bits per heavy atom. The van der Waals surface area contributed by atoms with Crippen molar-refractivity contribution in [1.82, 2.24) is 0 Å². The van der Waals surface area contributed by atoms with Crippen molar-refractivity contribution in [3.8, 4) is 5.75 Å². The summed E-state index contributed by atoms with van der Waals surface area (Å²) in [6, 6.07) is 3.54. The second kappa shape index (κ2) is 7.61. The molecule has 0 atom stereocenters. The maximum Gasteiger partial charge on any atom is 0.328 e. The lowest BCUT2D eigenvalue weighted by molar-refractivity contribution is -0.131. The zero-order valence-electron chi connectivity index (χ0n) is 9.07. The number of benzene rings is 1. The first kappa shape index (κ1) is 15.3. The summed E-state index contributed by atoms with van der Waals surface area (Å²) >= 11 is 12.1. The summed E-state index contributed by atoms with van der Waals surface area (Å²) < 4.78 is 6.94. The molecule has 1 N–H and O–H groups in total. The molecule has 0 bridgehead atoms. The molecule has 0 aliphatic carbocycles. The van der Waals surface area contributed by atoms with E-state index < -0.39 is 5.97 Å². The van der Waals surface area contributed by atoms with Gasteiger partial charge in [-0.1, -0.05) is 11.6 Å². The van der Waals surface area contributed by atoms with E-state index in [1.54, 1.807) is 18.2 Å². The molecule has 0 unspecified atom stereocenters. The monoisotopic (exact) mass is 394 g/mol. The molecule has 1 aromatic carbocycles. The molecule has 3 nitrogen and oxygen atoms in total. The molecule has 0 amide bonds. The summed E-state index contributed by atoms with van der Waals surface area (Å²) in [6.45, 7) is 0.352. The molecule has 18 heavy (non-hydrogen) atoms. The van der Waals surface area contributed by atoms with Crippen LogP contribution in [0, 0.1) is 0 Å². The van der Waals surface area contributed by atoms with Crippen LogP contribution in [0.1, 0.15) is 5.56 Å². The minimum atomic E-state index is -0.991. The molecule has 0 aliphatic heterocycles. The van der Waals surface area contributed by atoms with Gasteiger partial charge in [-0.2, -0.15) is 0 Å². The summed E-state index contributed by atoms with van der Waals surface area (Å²) in [6.07, 6.45) is 4.24. The second-order valence-electron chi connectivity index (χ2n) is 3.16. The van der Waals surface area contributed by atoms with E-state index in [0.717, 1.165) is 20.6 Å². The molecule has 0 radical (unpaired) electrons. The summed E-state index contributed by atoms with van der Waals surface area (Å²) in [7, 11) is 0. The number of carbonyl (C=O) groups is 1. The standard InChI is InChI=1S/C12H9Br2ClO3/c13-9-6-8(2-3-11(16)17)7-10(14)12(9)18-5-1-4-15/h1-4,6-7H,5H2,(H,16,17)/b3-2+,4-1+. The van der Waals surface area contributed by atoms with Crippen molar-refractivity contribution in [1.29, 1.82) is 0 Å². The Kier molecular flexibility index (Phi) is 6.46. The van der Waals surface area contributed by atoms with E-state index in [1.807, 2.05) is 0 Å². The highest BCUT2D eigenvalue weighted by atomic mass is 79.9. The van der Waals surface area contributed by atoms with Crippen molar-refractivity contribution in [2.24, 2.45) is 0 Å². The highest BCUT2D eigenvalue weighted by Crippen LogP contribution is 2.35. The number of aliphatic carboxylic acids is 1. The quantitative estimate of drug-likeness (QED) is 0.749. The fourth-order valence-corrected chi connectivity index (χ4v) is 2.67. The van der Waals surface area contributed by atoms with E-state index in [9.17, 15) is 4.79 Å². The zero-order chi connectivity index (χ0) is 13.5. The third-order valence-corrected chi connectivity index (χ3v) is 3.21. The highest BCUT2D eigenvalue weighted by molar-refractivity contribution is 9.11. The maximum absolute atomic E-state index is 10.4. The van der Waals surface area contributed by atoms with E-state index >= 15 is 0 Å². The van der Waals surface area contributed by atoms with Crippen LogP contribution in [0.5, 0.6) is 5.75 Å². The second-order valence-corrected chi connectivity index (χ2v) is 5.12. The van der Waals surface area contributed by atoms with Crippen LogP contribution >= 0.6 is 43.5 Å². The van der Waals surface area contributed by atoms with Gasteiger partial charge in [0.15, 0.2) is 0 Å². The number of hydrogen-bond acceptors (Lipinski definition) is 2. The Morgan fingerprint density at radius 3 is 2.50 bits per heavy atom. The number of ether oxygens (including phenoxy) is 1. The topological polar surface area (TPSA) is 46.5 Å². The van der Waals surface area contributed by atoms with Crippen molar-refractivity contribution in [2.45, 2.75) is 0 Å². The molecule has 6 heteroatoms. The highest BCUT2D eigenvalue weighted by Gasteiger charge is 2.07. The molecule has 0 spiro atoms. The van der Waals surface area contributed by atoms with Gasteiger partial charge in [0, 0.05) is 11.6 Å². The molecule has 0 aliphatic rings. The number of halogens is 3. The van der Waals surface area contributed by atoms with E-state index in [1.165, 1.54) is 11.6 Å². The molecule has 0 saturated carbocycles. The number of carboxylic acid groups (broad SMARTS) is 1. The molecule has 0 saturated heterocycles. The van der Waals surface area contributed by atoms with Crippen LogP contribution in [0.15, 0.2) is 38.8 Å². The van der Waals surface area contributed by atoms with Crippen molar-refractivity contribution < 1.29 is 14.6 Å². The lowest BCUT2D eigenvalue weighted by atomic mass is 10.2. The molecule has 96 valence electrons. The number of carboxylic acids is 1. The van der Waals surface area contributed by atoms with Gasteiger partial charge in [-0.25, -0.2) is 4.79 Å². The van der Waals surface area contributed by atoms with Crippen LogP contribution in [0.2, 0.25) is 0 Å². The Morgan fingerprint density at radius 2 is 2.00 bits per heavy atom. The van der Waals surface area contributed by atoms with Crippen molar-refractivity contribution >= 4 is 55.5 Å². The van der Waals surface area contributed by atoms with Crippen LogP contribution in [0.4, 0.5) is 0 Å². The first-order valence-corrected chi connectivity index (χ1v) is 6.85. The number of hydrogen-bond donors (Lipinski definition) is 1. The zero-order valence-corrected chi connectivity index (χ0v) is 13.0. The number of rotatable bonds is 5. The van der Waals surface area contributed by atoms with Crippen LogP contribution in [-0.4, -0.2) is 17.7 Å². The lowest BCUT2D eigenvalue weighted by Crippen LogP contribution is -1.95. The minimum Gasteiger partial charge on any atom is -0.487 e. The maximum atomic E-state index is 10.4. The van der Waals surface area contributed by atoms with Gasteiger partial charge in [-0.05, 0) is 61.7 Å². The summed E-state index contributed by atoms with van der Waals surface area (Å²) in [5.41, 5.74) is 2.13. The molecular weight excluding hydrogens is 387 g/mol. The molecular formula is C12H9Br2ClO3. The fraction of sp³-hybridized carbons (Fsp3) is 0.0833. The van der Waals surface area contributed by atoms with E-state index in [4.69, 9.17) is 21.4 Å². The van der Waals surface area contributed by atoms with E-state index in [2.05, 4.69) is 31.9 Å². The average Bonchev–Trinajstić information content (AvgIpc) is 2.30. The Balaban J connectivity index is 2.93. The van der Waals surface area contributed by atoms with E-state index in [-0.39, 0.29) is 0 Å². The third-order valence-electron chi connectivity index (χ3n) is 1.85. The van der Waals surface area contributed by atoms with Gasteiger partial charge >= 0.3 is 5.97 Å². The van der Waals surface area contributed by atoms with Crippen LogP contribution in [0.3, 0.4) is 0 Å². The smallest absolute Gasteiger partial charge is 0.328 e. The Bertz CT molecular complexity index is 475. The van der Waals surface area contributed by atoms with Crippen molar-refractivity contribution in [3.05, 3.63) is 44.3 Å². The normalized spacial score (nSPS) is 11.3. The predicted octanol–water partition coefficient (Wildman–Crippen LogP) is 4.44. The largest absolute Gasteiger partial charge is 0.487 e. The van der Waals surface area contributed by atoms with Gasteiger partial charge in [0.05, 0.1) is 8.95 Å². The molecule has 1 rings (SSSR count). The minimum absolute atomic E-state index is 0.352. The van der Waals surface area contributed by atoms with Crippen molar-refractivity contribution in [3.63, 3.8) is 0 Å². The molecule has 1 aromatic rings. The Hall–Kier alpha value is -0.780. The van der Waals surface area contributed by atoms with Crippen LogP contribution < -0.4 is 4.74 Å². The third kappa shape index (κ3) is 4.84. The van der Waals surface area contributed by atoms with Crippen LogP contribution in [-0.2, 0) is 4.79 Å². The first-order chi connectivity index (χ1) is 8.54. The van der Waals surface area contributed by atoms with Gasteiger partial charge in [-0.15, -0.1) is 0 Å². The van der Waals surface area contributed by atoms with Gasteiger partial charge in [-0.3, -0.25) is 0 Å². The summed E-state index contributed by atoms with van der Waals surface area (Å²) in [4.78, 5) is 10.4. The lowest BCUT2D eigenvalue weighted by Gasteiger charge is -2.09. The predicted molar refractivity (Wildman–Crippen MR) is 79.0 cm³/mol. The van der Waals surface area contributed by atoms with Crippen molar-refractivity contribution in [2.75, 3.05) is 6.61 Å². The first-order valence-electron chi connectivity index (χ1n) is 4.82. The van der Waals surface area contributed by atoms with Gasteiger partial charge in [0.1, 0.15) is 12.4 Å². The van der Waals surface area contributed by atoms with Gasteiger partial charge in [0.2, 0.25) is 0 Å². The SMILES string of the molecule is O=C(O)/C=C/c1cc(Br)c(OC/C=C/Cl)c(Br)c1. The Labute approximate surface area is 126 Å². The van der Waals surface area contributed by atoms with Crippen LogP contribution in [0.25, 0.3) is 6.08 Å². The molecule has 0 fully saturated rings. The molecule has 0 aromatic heterocycles. The summed E-state index contributed by atoms with van der Waals surface area (Å²) in [5.74, 6) is -0.355. The van der Waals surface area contributed by atoms with E-state index in [0.29, 0.717) is 12.4 Å².